The predicted octanol–water partition coefficient (Wildman–Crippen LogP) is 3.15. The predicted molar refractivity (Wildman–Crippen MR) is 108 cm³/mol. The molecule has 0 bridgehead atoms. The first-order valence-electron chi connectivity index (χ1n) is 10.6. The van der Waals surface area contributed by atoms with Crippen LogP contribution in [0.15, 0.2) is 18.2 Å². The number of hydrogen-bond acceptors (Lipinski definition) is 5. The van der Waals surface area contributed by atoms with E-state index in [1.54, 1.807) is 7.11 Å². The summed E-state index contributed by atoms with van der Waals surface area (Å²) in [7, 11) is 1.66. The highest BCUT2D eigenvalue weighted by molar-refractivity contribution is 5.43. The highest BCUT2D eigenvalue weighted by atomic mass is 16.5. The van der Waals surface area contributed by atoms with Crippen LogP contribution in [0.4, 0.5) is 0 Å². The monoisotopic (exact) mass is 376 g/mol. The summed E-state index contributed by atoms with van der Waals surface area (Å²) in [4.78, 5) is 4.85. The second-order valence-corrected chi connectivity index (χ2v) is 8.27. The largest absolute Gasteiger partial charge is 0.493 e. The number of hydrogen-bond donors (Lipinski definition) is 1. The van der Waals surface area contributed by atoms with Crippen molar-refractivity contribution in [2.45, 2.75) is 51.7 Å². The maximum absolute atomic E-state index is 10.4. The topological polar surface area (TPSA) is 45.2 Å². The van der Waals surface area contributed by atoms with Gasteiger partial charge < -0.3 is 19.5 Å². The van der Waals surface area contributed by atoms with Crippen molar-refractivity contribution in [1.29, 1.82) is 0 Å². The van der Waals surface area contributed by atoms with E-state index in [-0.39, 0.29) is 0 Å². The zero-order valence-electron chi connectivity index (χ0n) is 17.0. The van der Waals surface area contributed by atoms with Gasteiger partial charge in [0.25, 0.3) is 0 Å². The molecule has 2 fully saturated rings. The lowest BCUT2D eigenvalue weighted by molar-refractivity contribution is 0.0608. The van der Waals surface area contributed by atoms with Gasteiger partial charge in [-0.05, 0) is 75.5 Å². The SMILES string of the molecule is COc1ccc(CN2CCC(C)CC2)cc1OC[C@H](O)CN1CCCCC1. The zero-order valence-corrected chi connectivity index (χ0v) is 17.0. The van der Waals surface area contributed by atoms with Crippen molar-refractivity contribution in [3.63, 3.8) is 0 Å². The third-order valence-corrected chi connectivity index (χ3v) is 5.86. The second kappa shape index (κ2) is 10.3. The lowest BCUT2D eigenvalue weighted by Crippen LogP contribution is -2.38. The van der Waals surface area contributed by atoms with E-state index in [1.807, 2.05) is 6.07 Å². The number of aliphatic hydroxyl groups is 1. The fourth-order valence-electron chi connectivity index (χ4n) is 4.09. The standard InChI is InChI=1S/C22H36N2O3/c1-18-8-12-24(13-9-18)15-19-6-7-21(26-2)22(14-19)27-17-20(25)16-23-10-4-3-5-11-23/h6-7,14,18,20,25H,3-5,8-13,15-17H2,1-2H3/t20-/m1/s1. The van der Waals surface area contributed by atoms with Crippen molar-refractivity contribution in [3.8, 4) is 11.5 Å². The summed E-state index contributed by atoms with van der Waals surface area (Å²) >= 11 is 0. The van der Waals surface area contributed by atoms with Gasteiger partial charge in [0, 0.05) is 13.1 Å². The summed E-state index contributed by atoms with van der Waals surface area (Å²) in [5.41, 5.74) is 1.24. The molecule has 0 radical (unpaired) electrons. The molecule has 1 N–H and O–H groups in total. The van der Waals surface area contributed by atoms with Crippen LogP contribution in [0.3, 0.4) is 0 Å². The van der Waals surface area contributed by atoms with Gasteiger partial charge in [0.05, 0.1) is 7.11 Å². The molecular weight excluding hydrogens is 340 g/mol. The van der Waals surface area contributed by atoms with Crippen LogP contribution < -0.4 is 9.47 Å². The number of nitrogens with zero attached hydrogens (tertiary/aromatic N) is 2. The zero-order chi connectivity index (χ0) is 19.1. The van der Waals surface area contributed by atoms with Gasteiger partial charge in [-0.25, -0.2) is 0 Å². The van der Waals surface area contributed by atoms with Gasteiger partial charge in [0.1, 0.15) is 12.7 Å². The van der Waals surface area contributed by atoms with Crippen LogP contribution in [0.25, 0.3) is 0 Å². The molecule has 1 aromatic rings. The summed E-state index contributed by atoms with van der Waals surface area (Å²) in [5.74, 6) is 2.31. The molecule has 0 saturated carbocycles. The molecule has 0 spiro atoms. The molecule has 1 aromatic carbocycles. The molecule has 0 aromatic heterocycles. The molecule has 1 atom stereocenters. The summed E-state index contributed by atoms with van der Waals surface area (Å²) in [6.07, 6.45) is 5.87. The van der Waals surface area contributed by atoms with Gasteiger partial charge in [0.2, 0.25) is 0 Å². The third-order valence-electron chi connectivity index (χ3n) is 5.86. The van der Waals surface area contributed by atoms with Crippen molar-refractivity contribution in [3.05, 3.63) is 23.8 Å². The van der Waals surface area contributed by atoms with Crippen molar-refractivity contribution in [2.75, 3.05) is 46.4 Å². The smallest absolute Gasteiger partial charge is 0.161 e. The van der Waals surface area contributed by atoms with Gasteiger partial charge >= 0.3 is 0 Å². The Labute approximate surface area is 164 Å². The maximum atomic E-state index is 10.4. The Morgan fingerprint density at radius 3 is 2.48 bits per heavy atom. The van der Waals surface area contributed by atoms with E-state index >= 15 is 0 Å². The average molecular weight is 377 g/mol. The minimum Gasteiger partial charge on any atom is -0.493 e. The molecule has 2 heterocycles. The summed E-state index contributed by atoms with van der Waals surface area (Å²) < 4.78 is 11.4. The summed E-state index contributed by atoms with van der Waals surface area (Å²) in [6, 6.07) is 6.17. The third kappa shape index (κ3) is 6.37. The van der Waals surface area contributed by atoms with Crippen LogP contribution in [0.2, 0.25) is 0 Å². The number of rotatable bonds is 8. The van der Waals surface area contributed by atoms with E-state index in [1.165, 1.54) is 37.7 Å². The minimum atomic E-state index is -0.472. The van der Waals surface area contributed by atoms with Crippen LogP contribution in [0, 0.1) is 5.92 Å². The molecule has 5 nitrogen and oxygen atoms in total. The van der Waals surface area contributed by atoms with E-state index in [0.717, 1.165) is 50.1 Å². The average Bonchev–Trinajstić information content (AvgIpc) is 2.69. The van der Waals surface area contributed by atoms with Gasteiger partial charge in [-0.15, -0.1) is 0 Å². The normalized spacial score (nSPS) is 21.1. The fraction of sp³-hybridized carbons (Fsp3) is 0.727. The lowest BCUT2D eigenvalue weighted by atomic mass is 9.99. The number of benzene rings is 1. The maximum Gasteiger partial charge on any atom is 0.161 e. The Hall–Kier alpha value is -1.30. The molecule has 2 aliphatic rings. The van der Waals surface area contributed by atoms with Gasteiger partial charge in [-0.3, -0.25) is 4.90 Å². The first-order valence-corrected chi connectivity index (χ1v) is 10.6. The van der Waals surface area contributed by atoms with E-state index in [2.05, 4.69) is 28.9 Å². The first-order chi connectivity index (χ1) is 13.1. The van der Waals surface area contributed by atoms with Crippen LogP contribution in [0.1, 0.15) is 44.6 Å². The number of piperidine rings is 2. The van der Waals surface area contributed by atoms with Crippen LogP contribution in [0.5, 0.6) is 11.5 Å². The Morgan fingerprint density at radius 2 is 1.78 bits per heavy atom. The summed E-state index contributed by atoms with van der Waals surface area (Å²) in [6.45, 7) is 8.78. The number of methoxy groups -OCH3 is 1. The van der Waals surface area contributed by atoms with Crippen LogP contribution in [-0.4, -0.2) is 67.5 Å². The fourth-order valence-corrected chi connectivity index (χ4v) is 4.09. The van der Waals surface area contributed by atoms with Crippen molar-refractivity contribution in [1.82, 2.24) is 9.80 Å². The Kier molecular flexibility index (Phi) is 7.80. The number of ether oxygens (including phenoxy) is 2. The molecule has 0 aliphatic carbocycles. The number of aliphatic hydroxyl groups excluding tert-OH is 1. The molecule has 5 heteroatoms. The van der Waals surface area contributed by atoms with E-state index in [4.69, 9.17) is 9.47 Å². The lowest BCUT2D eigenvalue weighted by Gasteiger charge is -2.30. The van der Waals surface area contributed by atoms with E-state index in [0.29, 0.717) is 13.2 Å². The molecular formula is C22H36N2O3. The van der Waals surface area contributed by atoms with Gasteiger partial charge in [-0.2, -0.15) is 0 Å². The molecule has 2 saturated heterocycles. The highest BCUT2D eigenvalue weighted by Gasteiger charge is 2.18. The number of β-amino-alcohol motifs (C(OH)–C–C–N with tert-alkyl or cyclic N) is 1. The first kappa shape index (κ1) is 20.4. The van der Waals surface area contributed by atoms with Gasteiger partial charge in [0.15, 0.2) is 11.5 Å². The Balaban J connectivity index is 1.53. The van der Waals surface area contributed by atoms with Crippen LogP contribution >= 0.6 is 0 Å². The highest BCUT2D eigenvalue weighted by Crippen LogP contribution is 2.29. The molecule has 0 unspecified atom stereocenters. The number of likely N-dealkylation sites (tertiary alicyclic amines) is 2. The molecule has 152 valence electrons. The Morgan fingerprint density at radius 1 is 1.04 bits per heavy atom. The molecule has 27 heavy (non-hydrogen) atoms. The van der Waals surface area contributed by atoms with E-state index in [9.17, 15) is 5.11 Å². The minimum absolute atomic E-state index is 0.303. The quantitative estimate of drug-likeness (QED) is 0.755. The van der Waals surface area contributed by atoms with Crippen molar-refractivity contribution < 1.29 is 14.6 Å². The van der Waals surface area contributed by atoms with Crippen molar-refractivity contribution >= 4 is 0 Å². The summed E-state index contributed by atoms with van der Waals surface area (Å²) in [5, 5.41) is 10.4. The Bertz CT molecular complexity index is 567. The van der Waals surface area contributed by atoms with Gasteiger partial charge in [-0.1, -0.05) is 19.4 Å². The second-order valence-electron chi connectivity index (χ2n) is 8.27. The van der Waals surface area contributed by atoms with Crippen molar-refractivity contribution in [2.24, 2.45) is 5.92 Å². The molecule has 3 rings (SSSR count). The van der Waals surface area contributed by atoms with E-state index < -0.39 is 6.10 Å². The molecule has 0 amide bonds. The van der Waals surface area contributed by atoms with Crippen LogP contribution in [-0.2, 0) is 6.54 Å². The molecule has 2 aliphatic heterocycles.